The Morgan fingerprint density at radius 2 is 1.46 bits per heavy atom. The summed E-state index contributed by atoms with van der Waals surface area (Å²) < 4.78 is 28.4. The molecule has 1 N–H and O–H groups in total. The zero-order valence-electron chi connectivity index (χ0n) is 20.2. The van der Waals surface area contributed by atoms with Gasteiger partial charge in [-0.15, -0.1) is 0 Å². The van der Waals surface area contributed by atoms with Gasteiger partial charge in [0.15, 0.2) is 0 Å². The van der Waals surface area contributed by atoms with Gasteiger partial charge in [0.05, 0.1) is 10.6 Å². The minimum Gasteiger partial charge on any atom is -0.357 e. The first kappa shape index (κ1) is 26.0. The number of aryl methyl sites for hydroxylation is 1. The van der Waals surface area contributed by atoms with Crippen molar-refractivity contribution in [1.82, 2.24) is 10.2 Å². The number of rotatable bonds is 10. The Balaban J connectivity index is 2.02. The predicted octanol–water partition coefficient (Wildman–Crippen LogP) is 3.74. The molecule has 0 aliphatic rings. The van der Waals surface area contributed by atoms with Crippen LogP contribution >= 0.6 is 0 Å². The lowest BCUT2D eigenvalue weighted by Gasteiger charge is -2.33. The Morgan fingerprint density at radius 1 is 0.886 bits per heavy atom. The highest BCUT2D eigenvalue weighted by Crippen LogP contribution is 2.25. The summed E-state index contributed by atoms with van der Waals surface area (Å²) in [5.74, 6) is -0.770. The quantitative estimate of drug-likeness (QED) is 0.466. The number of anilines is 1. The first-order chi connectivity index (χ1) is 16.8. The number of hydrogen-bond acceptors (Lipinski definition) is 4. The molecule has 0 aliphatic heterocycles. The number of para-hydroxylation sites is 1. The molecule has 0 aliphatic carbocycles. The lowest BCUT2D eigenvalue weighted by atomic mass is 10.1. The van der Waals surface area contributed by atoms with Crippen molar-refractivity contribution in [3.63, 3.8) is 0 Å². The fourth-order valence-electron chi connectivity index (χ4n) is 3.83. The van der Waals surface area contributed by atoms with E-state index in [2.05, 4.69) is 5.32 Å². The number of amides is 2. The average Bonchev–Trinajstić information content (AvgIpc) is 2.88. The predicted molar refractivity (Wildman–Crippen MR) is 137 cm³/mol. The molecule has 0 bridgehead atoms. The van der Waals surface area contributed by atoms with Gasteiger partial charge in [-0.25, -0.2) is 8.42 Å². The van der Waals surface area contributed by atoms with Gasteiger partial charge in [0.1, 0.15) is 12.6 Å². The number of carbonyl (C=O) groups excluding carboxylic acids is 2. The molecule has 1 atom stereocenters. The SMILES string of the molecule is CC[C@H](C(=O)NC)N(Cc1ccccc1)C(=O)CN(c1ccccc1)S(=O)(=O)c1ccc(C)cc1. The van der Waals surface area contributed by atoms with Crippen LogP contribution in [0.15, 0.2) is 89.8 Å². The molecule has 0 aromatic heterocycles. The maximum absolute atomic E-state index is 13.7. The molecule has 0 unspecified atom stereocenters. The van der Waals surface area contributed by atoms with Crippen LogP contribution in [0.5, 0.6) is 0 Å². The summed E-state index contributed by atoms with van der Waals surface area (Å²) in [5, 5.41) is 2.62. The third-order valence-corrected chi connectivity index (χ3v) is 7.55. The van der Waals surface area contributed by atoms with Crippen LogP contribution in [0.1, 0.15) is 24.5 Å². The highest BCUT2D eigenvalue weighted by Gasteiger charge is 2.33. The van der Waals surface area contributed by atoms with Crippen molar-refractivity contribution < 1.29 is 18.0 Å². The average molecular weight is 494 g/mol. The molecule has 35 heavy (non-hydrogen) atoms. The summed E-state index contributed by atoms with van der Waals surface area (Å²) in [7, 11) is -2.52. The number of nitrogens with one attached hydrogen (secondary N) is 1. The molecular formula is C27H31N3O4S. The minimum atomic E-state index is -4.05. The Hall–Kier alpha value is -3.65. The van der Waals surface area contributed by atoms with Gasteiger partial charge in [-0.3, -0.25) is 13.9 Å². The Labute approximate surface area is 207 Å². The van der Waals surface area contributed by atoms with Crippen LogP contribution in [0, 0.1) is 6.92 Å². The first-order valence-electron chi connectivity index (χ1n) is 11.5. The summed E-state index contributed by atoms with van der Waals surface area (Å²) in [5.41, 5.74) is 2.14. The third kappa shape index (κ3) is 6.27. The standard InChI is InChI=1S/C27H31N3O4S/c1-4-25(27(32)28-3)29(19-22-11-7-5-8-12-22)26(31)20-30(23-13-9-6-10-14-23)35(33,34)24-17-15-21(2)16-18-24/h5-18,25H,4,19-20H2,1-3H3,(H,28,32)/t25-/m1/s1. The van der Waals surface area contributed by atoms with Gasteiger partial charge in [-0.2, -0.15) is 0 Å². The molecule has 3 aromatic carbocycles. The molecule has 7 nitrogen and oxygen atoms in total. The molecule has 0 heterocycles. The van der Waals surface area contributed by atoms with Crippen molar-refractivity contribution >= 4 is 27.5 Å². The molecule has 8 heteroatoms. The number of sulfonamides is 1. The number of benzene rings is 3. The van der Waals surface area contributed by atoms with Crippen molar-refractivity contribution in [1.29, 1.82) is 0 Å². The Kier molecular flexibility index (Phi) is 8.65. The Morgan fingerprint density at radius 3 is 2.00 bits per heavy atom. The molecule has 0 saturated heterocycles. The smallest absolute Gasteiger partial charge is 0.264 e. The molecule has 2 amide bonds. The highest BCUT2D eigenvalue weighted by atomic mass is 32.2. The van der Waals surface area contributed by atoms with Gasteiger partial charge in [-0.1, -0.05) is 73.2 Å². The number of nitrogens with zero attached hydrogens (tertiary/aromatic N) is 2. The molecule has 0 saturated carbocycles. The minimum absolute atomic E-state index is 0.0905. The van der Waals surface area contributed by atoms with E-state index < -0.39 is 28.5 Å². The number of hydrogen-bond donors (Lipinski definition) is 1. The van der Waals surface area contributed by atoms with E-state index in [1.807, 2.05) is 44.2 Å². The number of carbonyl (C=O) groups is 2. The van der Waals surface area contributed by atoms with Crippen molar-refractivity contribution in [2.45, 2.75) is 37.8 Å². The van der Waals surface area contributed by atoms with Crippen LogP contribution in [0.4, 0.5) is 5.69 Å². The Bertz CT molecular complexity index is 1230. The summed E-state index contributed by atoms with van der Waals surface area (Å²) in [4.78, 5) is 27.9. The lowest BCUT2D eigenvalue weighted by Crippen LogP contribution is -2.51. The van der Waals surface area contributed by atoms with Gasteiger partial charge >= 0.3 is 0 Å². The van der Waals surface area contributed by atoms with Crippen molar-refractivity contribution in [3.8, 4) is 0 Å². The van der Waals surface area contributed by atoms with Crippen LogP contribution in [0.3, 0.4) is 0 Å². The largest absolute Gasteiger partial charge is 0.357 e. The van der Waals surface area contributed by atoms with Crippen molar-refractivity contribution in [2.75, 3.05) is 17.9 Å². The van der Waals surface area contributed by atoms with Crippen molar-refractivity contribution in [3.05, 3.63) is 96.1 Å². The summed E-state index contributed by atoms with van der Waals surface area (Å²) in [6.07, 6.45) is 0.383. The fraction of sp³-hybridized carbons (Fsp3) is 0.259. The first-order valence-corrected chi connectivity index (χ1v) is 12.9. The highest BCUT2D eigenvalue weighted by molar-refractivity contribution is 7.92. The van der Waals surface area contributed by atoms with Gasteiger partial charge in [0, 0.05) is 13.6 Å². The van der Waals surface area contributed by atoms with Crippen molar-refractivity contribution in [2.24, 2.45) is 0 Å². The second kappa shape index (κ2) is 11.7. The summed E-state index contributed by atoms with van der Waals surface area (Å²) in [6.45, 7) is 3.43. The lowest BCUT2D eigenvalue weighted by molar-refractivity contribution is -0.140. The van der Waals surface area contributed by atoms with E-state index in [4.69, 9.17) is 0 Å². The second-order valence-corrected chi connectivity index (χ2v) is 10.1. The van der Waals surface area contributed by atoms with Gasteiger partial charge in [0.25, 0.3) is 10.0 Å². The maximum Gasteiger partial charge on any atom is 0.264 e. The van der Waals surface area contributed by atoms with Crippen LogP contribution < -0.4 is 9.62 Å². The van der Waals surface area contributed by atoms with E-state index in [-0.39, 0.29) is 17.3 Å². The fourth-order valence-corrected chi connectivity index (χ4v) is 5.24. The molecule has 184 valence electrons. The van der Waals surface area contributed by atoms with Gasteiger partial charge in [-0.05, 0) is 43.2 Å². The van der Waals surface area contributed by atoms with Crippen LogP contribution in [0.25, 0.3) is 0 Å². The summed E-state index contributed by atoms with van der Waals surface area (Å²) >= 11 is 0. The molecule has 3 rings (SSSR count). The third-order valence-electron chi connectivity index (χ3n) is 5.76. The topological polar surface area (TPSA) is 86.8 Å². The van der Waals surface area contributed by atoms with Gasteiger partial charge in [0.2, 0.25) is 11.8 Å². The molecule has 0 radical (unpaired) electrons. The second-order valence-electron chi connectivity index (χ2n) is 8.21. The zero-order chi connectivity index (χ0) is 25.4. The van der Waals surface area contributed by atoms with E-state index in [1.165, 1.54) is 24.1 Å². The van der Waals surface area contributed by atoms with E-state index in [1.54, 1.807) is 42.5 Å². The molecular weight excluding hydrogens is 462 g/mol. The van der Waals surface area contributed by atoms with Gasteiger partial charge < -0.3 is 10.2 Å². The molecule has 3 aromatic rings. The van der Waals surface area contributed by atoms with Crippen LogP contribution in [-0.2, 0) is 26.2 Å². The molecule has 0 fully saturated rings. The van der Waals surface area contributed by atoms with E-state index in [0.29, 0.717) is 12.1 Å². The zero-order valence-corrected chi connectivity index (χ0v) is 21.0. The molecule has 0 spiro atoms. The number of likely N-dealkylation sites (N-methyl/N-ethyl adjacent to an activating group) is 1. The maximum atomic E-state index is 13.7. The van der Waals surface area contributed by atoms with Crippen LogP contribution in [0.2, 0.25) is 0 Å². The van der Waals surface area contributed by atoms with E-state index >= 15 is 0 Å². The van der Waals surface area contributed by atoms with E-state index in [9.17, 15) is 18.0 Å². The van der Waals surface area contributed by atoms with Crippen LogP contribution in [-0.4, -0.2) is 44.8 Å². The normalized spacial score (nSPS) is 12.0. The summed E-state index contributed by atoms with van der Waals surface area (Å²) in [6, 6.07) is 23.6. The monoisotopic (exact) mass is 493 g/mol. The van der Waals surface area contributed by atoms with E-state index in [0.717, 1.165) is 15.4 Å².